The number of pyridine rings is 1. The van der Waals surface area contributed by atoms with Crippen LogP contribution in [0.4, 0.5) is 0 Å². The largest absolute Gasteiger partial charge is 1.00 e. The first-order valence-electron chi connectivity index (χ1n) is 2.97. The Morgan fingerprint density at radius 1 is 1.40 bits per heavy atom. The minimum absolute atomic E-state index is 0. The monoisotopic (exact) mass is 265 g/mol. The van der Waals surface area contributed by atoms with Gasteiger partial charge in [0.25, 0.3) is 0 Å². The molecule has 0 unspecified atom stereocenters. The van der Waals surface area contributed by atoms with Gasteiger partial charge in [-0.1, -0.05) is 15.9 Å². The van der Waals surface area contributed by atoms with Crippen LogP contribution in [0.25, 0.3) is 0 Å². The van der Waals surface area contributed by atoms with Crippen LogP contribution < -0.4 is 21.5 Å². The van der Waals surface area contributed by atoms with Gasteiger partial charge in [0.15, 0.2) is 12.4 Å². The molecule has 0 aliphatic carbocycles. The van der Waals surface area contributed by atoms with Crippen LogP contribution in [-0.4, -0.2) is 0 Å². The number of halogens is 2. The highest BCUT2D eigenvalue weighted by Gasteiger charge is 1.92. The molecule has 0 radical (unpaired) electrons. The van der Waals surface area contributed by atoms with Crippen molar-refractivity contribution in [1.29, 1.82) is 0 Å². The standard InChI is InChI=1S/C7H9BrN.BrH/c1-2-9-5-3-7(8)4-6-9;/h3-6H,2H2,1H3;1H/q+1;/p-1. The molecule has 0 bridgehead atoms. The molecule has 1 rings (SSSR count). The molecule has 0 aliphatic heterocycles. The fourth-order valence-corrected chi connectivity index (χ4v) is 0.886. The zero-order valence-electron chi connectivity index (χ0n) is 5.72. The minimum atomic E-state index is 0. The van der Waals surface area contributed by atoms with Crippen LogP contribution in [-0.2, 0) is 6.54 Å². The number of aryl methyl sites for hydroxylation is 1. The highest BCUT2D eigenvalue weighted by molar-refractivity contribution is 9.10. The smallest absolute Gasteiger partial charge is 0.169 e. The second-order valence-corrected chi connectivity index (χ2v) is 2.76. The van der Waals surface area contributed by atoms with E-state index >= 15 is 0 Å². The summed E-state index contributed by atoms with van der Waals surface area (Å²) in [7, 11) is 0. The summed E-state index contributed by atoms with van der Waals surface area (Å²) >= 11 is 3.36. The summed E-state index contributed by atoms with van der Waals surface area (Å²) in [4.78, 5) is 0. The molecule has 3 heteroatoms. The predicted molar refractivity (Wildman–Crippen MR) is 40.0 cm³/mol. The van der Waals surface area contributed by atoms with Crippen molar-refractivity contribution in [3.63, 3.8) is 0 Å². The van der Waals surface area contributed by atoms with E-state index in [0.29, 0.717) is 0 Å². The Labute approximate surface area is 80.0 Å². The molecular weight excluding hydrogens is 258 g/mol. The highest BCUT2D eigenvalue weighted by Crippen LogP contribution is 2.03. The number of rotatable bonds is 1. The zero-order chi connectivity index (χ0) is 6.69. The van der Waals surface area contributed by atoms with Crippen LogP contribution in [0.2, 0.25) is 0 Å². The number of hydrogen-bond acceptors (Lipinski definition) is 0. The maximum Gasteiger partial charge on any atom is 0.169 e. The average molecular weight is 267 g/mol. The summed E-state index contributed by atoms with van der Waals surface area (Å²) in [6.07, 6.45) is 4.09. The molecule has 0 aliphatic rings. The molecule has 1 nitrogen and oxygen atoms in total. The topological polar surface area (TPSA) is 3.88 Å². The lowest BCUT2D eigenvalue weighted by Crippen LogP contribution is -3.00. The Morgan fingerprint density at radius 3 is 2.30 bits per heavy atom. The van der Waals surface area contributed by atoms with Crippen LogP contribution >= 0.6 is 15.9 Å². The Bertz CT molecular complexity index is 183. The molecule has 1 aromatic heterocycles. The Kier molecular flexibility index (Phi) is 4.91. The molecule has 0 N–H and O–H groups in total. The molecule has 56 valence electrons. The van der Waals surface area contributed by atoms with Gasteiger partial charge in [-0.05, 0) is 6.92 Å². The first kappa shape index (κ1) is 10.1. The summed E-state index contributed by atoms with van der Waals surface area (Å²) in [5, 5.41) is 0. The van der Waals surface area contributed by atoms with Crippen LogP contribution in [0.3, 0.4) is 0 Å². The molecule has 0 saturated heterocycles. The van der Waals surface area contributed by atoms with Crippen molar-refractivity contribution in [1.82, 2.24) is 0 Å². The molecule has 1 aromatic rings. The lowest BCUT2D eigenvalue weighted by atomic mass is 10.5. The summed E-state index contributed by atoms with van der Waals surface area (Å²) in [6.45, 7) is 3.15. The third kappa shape index (κ3) is 2.80. The highest BCUT2D eigenvalue weighted by atomic mass is 79.9. The zero-order valence-corrected chi connectivity index (χ0v) is 8.89. The second-order valence-electron chi connectivity index (χ2n) is 1.85. The van der Waals surface area contributed by atoms with Crippen molar-refractivity contribution in [2.75, 3.05) is 0 Å². The fourth-order valence-electron chi connectivity index (χ4n) is 0.650. The Hall–Kier alpha value is 0.110. The van der Waals surface area contributed by atoms with E-state index in [4.69, 9.17) is 0 Å². The lowest BCUT2D eigenvalue weighted by Gasteiger charge is -1.88. The van der Waals surface area contributed by atoms with E-state index in [0.717, 1.165) is 11.0 Å². The summed E-state index contributed by atoms with van der Waals surface area (Å²) in [6, 6.07) is 4.06. The lowest BCUT2D eigenvalue weighted by molar-refractivity contribution is -0.693. The summed E-state index contributed by atoms with van der Waals surface area (Å²) in [5.74, 6) is 0. The quantitative estimate of drug-likeness (QED) is 0.560. The van der Waals surface area contributed by atoms with E-state index in [1.807, 2.05) is 24.5 Å². The summed E-state index contributed by atoms with van der Waals surface area (Å²) < 4.78 is 3.25. The van der Waals surface area contributed by atoms with Crippen LogP contribution in [0.1, 0.15) is 6.92 Å². The van der Waals surface area contributed by atoms with Crippen LogP contribution in [0, 0.1) is 0 Å². The molecule has 10 heavy (non-hydrogen) atoms. The SMILES string of the molecule is CC[n+]1ccc(Br)cc1.[Br-]. The van der Waals surface area contributed by atoms with Gasteiger partial charge < -0.3 is 17.0 Å². The normalized spacial score (nSPS) is 8.60. The molecule has 0 spiro atoms. The molecule has 0 aromatic carbocycles. The molecular formula is C7H9Br2N. The van der Waals surface area contributed by atoms with Gasteiger partial charge in [0, 0.05) is 16.6 Å². The summed E-state index contributed by atoms with van der Waals surface area (Å²) in [5.41, 5.74) is 0. The Morgan fingerprint density at radius 2 is 1.90 bits per heavy atom. The molecule has 1 heterocycles. The molecule has 0 atom stereocenters. The van der Waals surface area contributed by atoms with Gasteiger partial charge in [-0.3, -0.25) is 0 Å². The first-order valence-corrected chi connectivity index (χ1v) is 3.77. The van der Waals surface area contributed by atoms with E-state index in [-0.39, 0.29) is 17.0 Å². The van der Waals surface area contributed by atoms with Crippen molar-refractivity contribution in [3.05, 3.63) is 29.0 Å². The van der Waals surface area contributed by atoms with E-state index in [1.165, 1.54) is 0 Å². The fraction of sp³-hybridized carbons (Fsp3) is 0.286. The predicted octanol–water partition coefficient (Wildman–Crippen LogP) is -1.24. The van der Waals surface area contributed by atoms with Crippen molar-refractivity contribution < 1.29 is 21.5 Å². The number of aromatic nitrogens is 1. The van der Waals surface area contributed by atoms with Gasteiger partial charge in [-0.15, -0.1) is 0 Å². The van der Waals surface area contributed by atoms with Crippen molar-refractivity contribution in [2.24, 2.45) is 0 Å². The van der Waals surface area contributed by atoms with E-state index in [2.05, 4.69) is 27.4 Å². The maximum atomic E-state index is 3.36. The van der Waals surface area contributed by atoms with E-state index in [9.17, 15) is 0 Å². The van der Waals surface area contributed by atoms with Crippen molar-refractivity contribution >= 4 is 15.9 Å². The van der Waals surface area contributed by atoms with Gasteiger partial charge in [-0.25, -0.2) is 4.57 Å². The van der Waals surface area contributed by atoms with Gasteiger partial charge in [0.1, 0.15) is 6.54 Å². The van der Waals surface area contributed by atoms with Gasteiger partial charge in [0.2, 0.25) is 0 Å². The van der Waals surface area contributed by atoms with E-state index < -0.39 is 0 Å². The third-order valence-electron chi connectivity index (χ3n) is 1.22. The molecule has 0 saturated carbocycles. The van der Waals surface area contributed by atoms with Gasteiger partial charge >= 0.3 is 0 Å². The van der Waals surface area contributed by atoms with Crippen LogP contribution in [0.5, 0.6) is 0 Å². The average Bonchev–Trinajstić information content (AvgIpc) is 1.90. The maximum absolute atomic E-state index is 3.36. The number of nitrogens with zero attached hydrogens (tertiary/aromatic N) is 1. The third-order valence-corrected chi connectivity index (χ3v) is 1.74. The van der Waals surface area contributed by atoms with Crippen LogP contribution in [0.15, 0.2) is 29.0 Å². The van der Waals surface area contributed by atoms with Crippen molar-refractivity contribution in [2.45, 2.75) is 13.5 Å². The van der Waals surface area contributed by atoms with Gasteiger partial charge in [0.05, 0.1) is 0 Å². The van der Waals surface area contributed by atoms with Crippen molar-refractivity contribution in [3.8, 4) is 0 Å². The first-order chi connectivity index (χ1) is 4.33. The molecule has 0 fully saturated rings. The minimum Gasteiger partial charge on any atom is -1.00 e. The van der Waals surface area contributed by atoms with Gasteiger partial charge in [-0.2, -0.15) is 0 Å². The number of hydrogen-bond donors (Lipinski definition) is 0. The molecule has 0 amide bonds. The Balaban J connectivity index is 0.000000810. The van der Waals surface area contributed by atoms with E-state index in [1.54, 1.807) is 0 Å². The second kappa shape index (κ2) is 4.85.